The maximum atomic E-state index is 11.4. The van der Waals surface area contributed by atoms with Crippen LogP contribution in [0.2, 0.25) is 0 Å². The predicted molar refractivity (Wildman–Crippen MR) is 54.2 cm³/mol. The first-order chi connectivity index (χ1) is 6.70. The molecule has 3 nitrogen and oxygen atoms in total. The van der Waals surface area contributed by atoms with Gasteiger partial charge in [-0.2, -0.15) is 0 Å². The van der Waals surface area contributed by atoms with Gasteiger partial charge in [-0.25, -0.2) is 0 Å². The molecule has 2 bridgehead atoms. The van der Waals surface area contributed by atoms with E-state index in [1.807, 2.05) is 0 Å². The van der Waals surface area contributed by atoms with Crippen molar-refractivity contribution >= 4 is 5.78 Å². The van der Waals surface area contributed by atoms with E-state index in [1.54, 1.807) is 7.11 Å². The van der Waals surface area contributed by atoms with Gasteiger partial charge in [0.05, 0.1) is 6.10 Å². The average Bonchev–Trinajstić information content (AvgIpc) is 2.41. The number of Topliss-reactive ketones (excluding diaryl/α,β-unsaturated/α-hetero) is 1. The summed E-state index contributed by atoms with van der Waals surface area (Å²) >= 11 is 0. The minimum Gasteiger partial charge on any atom is -0.380 e. The van der Waals surface area contributed by atoms with E-state index >= 15 is 0 Å². The van der Waals surface area contributed by atoms with E-state index in [9.17, 15) is 4.79 Å². The Labute approximate surface area is 85.4 Å². The van der Waals surface area contributed by atoms with Gasteiger partial charge in [-0.15, -0.1) is 0 Å². The zero-order valence-electron chi connectivity index (χ0n) is 9.03. The van der Waals surface area contributed by atoms with Crippen molar-refractivity contribution in [3.05, 3.63) is 0 Å². The van der Waals surface area contributed by atoms with Gasteiger partial charge in [-0.1, -0.05) is 0 Å². The molecule has 0 spiro atoms. The molecule has 2 heterocycles. The zero-order valence-corrected chi connectivity index (χ0v) is 9.03. The number of carbonyl (C=O) groups is 1. The Kier molecular flexibility index (Phi) is 2.88. The average molecular weight is 197 g/mol. The molecule has 2 rings (SSSR count). The van der Waals surface area contributed by atoms with Gasteiger partial charge in [0.2, 0.25) is 0 Å². The molecule has 0 N–H and O–H groups in total. The smallest absolute Gasteiger partial charge is 0.136 e. The summed E-state index contributed by atoms with van der Waals surface area (Å²) in [4.78, 5) is 13.8. The lowest BCUT2D eigenvalue weighted by molar-refractivity contribution is -0.124. The molecule has 80 valence electrons. The Morgan fingerprint density at radius 1 is 1.43 bits per heavy atom. The highest BCUT2D eigenvalue weighted by Crippen LogP contribution is 2.33. The van der Waals surface area contributed by atoms with Gasteiger partial charge in [0, 0.05) is 38.6 Å². The third kappa shape index (κ3) is 1.84. The number of carbonyl (C=O) groups excluding carboxylic acids is 1. The van der Waals surface area contributed by atoms with Gasteiger partial charge in [-0.3, -0.25) is 9.69 Å². The first-order valence-electron chi connectivity index (χ1n) is 5.51. The van der Waals surface area contributed by atoms with Crippen molar-refractivity contribution in [1.82, 2.24) is 4.90 Å². The lowest BCUT2D eigenvalue weighted by Gasteiger charge is -2.35. The summed E-state index contributed by atoms with van der Waals surface area (Å²) < 4.78 is 5.28. The minimum absolute atomic E-state index is 0.284. The summed E-state index contributed by atoms with van der Waals surface area (Å²) in [5.41, 5.74) is 0. The van der Waals surface area contributed by atoms with Crippen LogP contribution in [0.25, 0.3) is 0 Å². The summed E-state index contributed by atoms with van der Waals surface area (Å²) in [6, 6.07) is 1.03. The molecule has 0 radical (unpaired) electrons. The van der Waals surface area contributed by atoms with E-state index in [-0.39, 0.29) is 6.10 Å². The topological polar surface area (TPSA) is 29.5 Å². The fourth-order valence-corrected chi connectivity index (χ4v) is 2.73. The van der Waals surface area contributed by atoms with Crippen molar-refractivity contribution in [2.45, 2.75) is 50.8 Å². The summed E-state index contributed by atoms with van der Waals surface area (Å²) in [6.07, 6.45) is 4.23. The quantitative estimate of drug-likeness (QED) is 0.681. The van der Waals surface area contributed by atoms with Crippen molar-refractivity contribution in [2.24, 2.45) is 0 Å². The molecule has 3 atom stereocenters. The van der Waals surface area contributed by atoms with E-state index in [4.69, 9.17) is 4.74 Å². The number of rotatable bonds is 3. The SMILES string of the molecule is COC(C)CN1C2CCC1CC(=O)C2. The number of ketones is 1. The van der Waals surface area contributed by atoms with Gasteiger partial charge in [0.1, 0.15) is 5.78 Å². The number of hydrogen-bond donors (Lipinski definition) is 0. The van der Waals surface area contributed by atoms with E-state index < -0.39 is 0 Å². The van der Waals surface area contributed by atoms with Crippen molar-refractivity contribution in [1.29, 1.82) is 0 Å². The Bertz CT molecular complexity index is 213. The van der Waals surface area contributed by atoms with Crippen LogP contribution in [-0.2, 0) is 9.53 Å². The second-order valence-electron chi connectivity index (χ2n) is 4.58. The second kappa shape index (κ2) is 3.99. The molecule has 2 aliphatic heterocycles. The molecule has 0 amide bonds. The van der Waals surface area contributed by atoms with Crippen molar-refractivity contribution in [2.75, 3.05) is 13.7 Å². The molecule has 0 saturated carbocycles. The molecule has 0 aliphatic carbocycles. The Morgan fingerprint density at radius 2 is 2.00 bits per heavy atom. The van der Waals surface area contributed by atoms with Crippen molar-refractivity contribution in [3.63, 3.8) is 0 Å². The van der Waals surface area contributed by atoms with Crippen LogP contribution in [0, 0.1) is 0 Å². The summed E-state index contributed by atoms with van der Waals surface area (Å²) in [5, 5.41) is 0. The largest absolute Gasteiger partial charge is 0.380 e. The van der Waals surface area contributed by atoms with E-state index in [0.29, 0.717) is 17.9 Å². The maximum absolute atomic E-state index is 11.4. The van der Waals surface area contributed by atoms with Gasteiger partial charge >= 0.3 is 0 Å². The first-order valence-corrected chi connectivity index (χ1v) is 5.51. The molecule has 0 aromatic heterocycles. The number of methoxy groups -OCH3 is 1. The molecule has 3 unspecified atom stereocenters. The predicted octanol–water partition coefficient (Wildman–Crippen LogP) is 1.22. The van der Waals surface area contributed by atoms with Crippen LogP contribution in [-0.4, -0.2) is 42.5 Å². The Morgan fingerprint density at radius 3 is 2.50 bits per heavy atom. The summed E-state index contributed by atoms with van der Waals surface area (Å²) in [5.74, 6) is 0.457. The first kappa shape index (κ1) is 10.1. The number of nitrogens with zero attached hydrogens (tertiary/aromatic N) is 1. The van der Waals surface area contributed by atoms with Crippen LogP contribution in [0.4, 0.5) is 0 Å². The van der Waals surface area contributed by atoms with Gasteiger partial charge in [0.15, 0.2) is 0 Å². The van der Waals surface area contributed by atoms with Crippen LogP contribution in [0.1, 0.15) is 32.6 Å². The minimum atomic E-state index is 0.284. The maximum Gasteiger partial charge on any atom is 0.136 e. The van der Waals surface area contributed by atoms with E-state index in [2.05, 4.69) is 11.8 Å². The third-order valence-corrected chi connectivity index (χ3v) is 3.57. The van der Waals surface area contributed by atoms with Crippen LogP contribution in [0.15, 0.2) is 0 Å². The fourth-order valence-electron chi connectivity index (χ4n) is 2.73. The van der Waals surface area contributed by atoms with Gasteiger partial charge < -0.3 is 4.74 Å². The number of piperidine rings is 1. The molecule has 3 heteroatoms. The highest BCUT2D eigenvalue weighted by atomic mass is 16.5. The normalized spacial score (nSPS) is 34.9. The van der Waals surface area contributed by atoms with Crippen LogP contribution < -0.4 is 0 Å². The monoisotopic (exact) mass is 197 g/mol. The third-order valence-electron chi connectivity index (χ3n) is 3.57. The second-order valence-corrected chi connectivity index (χ2v) is 4.58. The van der Waals surface area contributed by atoms with Crippen LogP contribution >= 0.6 is 0 Å². The van der Waals surface area contributed by atoms with E-state index in [1.165, 1.54) is 12.8 Å². The number of fused-ring (bicyclic) bond motifs is 2. The molecule has 2 aliphatic rings. The Hall–Kier alpha value is -0.410. The van der Waals surface area contributed by atoms with Gasteiger partial charge in [0.25, 0.3) is 0 Å². The highest BCUT2D eigenvalue weighted by Gasteiger charge is 2.40. The molecule has 14 heavy (non-hydrogen) atoms. The number of hydrogen-bond acceptors (Lipinski definition) is 3. The highest BCUT2D eigenvalue weighted by molar-refractivity contribution is 5.80. The lowest BCUT2D eigenvalue weighted by Crippen LogP contribution is -2.46. The molecule has 0 aromatic carbocycles. The van der Waals surface area contributed by atoms with Crippen LogP contribution in [0.3, 0.4) is 0 Å². The van der Waals surface area contributed by atoms with E-state index in [0.717, 1.165) is 19.4 Å². The van der Waals surface area contributed by atoms with Gasteiger partial charge in [-0.05, 0) is 19.8 Å². The molecular formula is C11H19NO2. The summed E-state index contributed by atoms with van der Waals surface area (Å²) in [6.45, 7) is 3.08. The number of ether oxygens (including phenoxy) is 1. The summed E-state index contributed by atoms with van der Waals surface area (Å²) in [7, 11) is 1.75. The van der Waals surface area contributed by atoms with Crippen molar-refractivity contribution < 1.29 is 9.53 Å². The molecule has 0 aromatic rings. The zero-order chi connectivity index (χ0) is 10.1. The fraction of sp³-hybridized carbons (Fsp3) is 0.909. The molecular weight excluding hydrogens is 178 g/mol. The van der Waals surface area contributed by atoms with Crippen molar-refractivity contribution in [3.8, 4) is 0 Å². The standard InChI is InChI=1S/C11H19NO2/c1-8(14-2)7-12-9-3-4-10(12)6-11(13)5-9/h8-10H,3-7H2,1-2H3. The Balaban J connectivity index is 1.97. The molecule has 2 fully saturated rings. The molecule has 2 saturated heterocycles. The lowest BCUT2D eigenvalue weighted by atomic mass is 10.0. The van der Waals surface area contributed by atoms with Crippen LogP contribution in [0.5, 0.6) is 0 Å².